The standard InChI is InChI=1S/C21H17N3O2/c25-21(23-11-5-6-15-12-22-14-24-15)26-13-20-18-9-3-1-7-16(18)17-8-2-4-10-19(17)20/h1-4,7-10,12,14,20H,11,13H2,(H,22,24)(H,23,25). The summed E-state index contributed by atoms with van der Waals surface area (Å²) in [7, 11) is 0. The Bertz CT molecular complexity index is 938. The molecule has 0 aliphatic heterocycles. The zero-order valence-corrected chi connectivity index (χ0v) is 14.0. The maximum atomic E-state index is 12.0. The Labute approximate surface area is 151 Å². The molecule has 5 nitrogen and oxygen atoms in total. The molecule has 0 saturated heterocycles. The fourth-order valence-corrected chi connectivity index (χ4v) is 3.23. The highest BCUT2D eigenvalue weighted by molar-refractivity contribution is 5.79. The van der Waals surface area contributed by atoms with Crippen molar-refractivity contribution in [2.24, 2.45) is 0 Å². The van der Waals surface area contributed by atoms with Gasteiger partial charge in [0.1, 0.15) is 12.3 Å². The summed E-state index contributed by atoms with van der Waals surface area (Å²) in [4.78, 5) is 18.7. The number of hydrogen-bond acceptors (Lipinski definition) is 3. The van der Waals surface area contributed by atoms with E-state index in [2.05, 4.69) is 51.4 Å². The van der Waals surface area contributed by atoms with Crippen molar-refractivity contribution < 1.29 is 9.53 Å². The van der Waals surface area contributed by atoms with Crippen molar-refractivity contribution in [3.8, 4) is 23.0 Å². The fourth-order valence-electron chi connectivity index (χ4n) is 3.23. The van der Waals surface area contributed by atoms with Crippen LogP contribution in [0, 0.1) is 11.8 Å². The number of nitrogens with one attached hydrogen (secondary N) is 2. The van der Waals surface area contributed by atoms with E-state index in [-0.39, 0.29) is 12.5 Å². The largest absolute Gasteiger partial charge is 0.449 e. The lowest BCUT2D eigenvalue weighted by Crippen LogP contribution is -2.26. The average Bonchev–Trinajstić information content (AvgIpc) is 3.30. The van der Waals surface area contributed by atoms with Crippen LogP contribution in [0.1, 0.15) is 22.7 Å². The lowest BCUT2D eigenvalue weighted by molar-refractivity contribution is 0.144. The third-order valence-corrected chi connectivity index (χ3v) is 4.39. The van der Waals surface area contributed by atoms with Crippen LogP contribution in [0.2, 0.25) is 0 Å². The third-order valence-electron chi connectivity index (χ3n) is 4.39. The first-order valence-corrected chi connectivity index (χ1v) is 8.39. The van der Waals surface area contributed by atoms with Gasteiger partial charge in [-0.05, 0) is 28.2 Å². The number of nitrogens with zero attached hydrogens (tertiary/aromatic N) is 1. The van der Waals surface area contributed by atoms with Crippen molar-refractivity contribution in [3.63, 3.8) is 0 Å². The summed E-state index contributed by atoms with van der Waals surface area (Å²) in [5.41, 5.74) is 5.52. The van der Waals surface area contributed by atoms with E-state index in [0.717, 1.165) is 0 Å². The van der Waals surface area contributed by atoms with Crippen LogP contribution in [-0.2, 0) is 4.74 Å². The van der Waals surface area contributed by atoms with Gasteiger partial charge in [-0.3, -0.25) is 0 Å². The second-order valence-corrected chi connectivity index (χ2v) is 5.95. The summed E-state index contributed by atoms with van der Waals surface area (Å²) in [6.07, 6.45) is 2.72. The first kappa shape index (κ1) is 16.0. The van der Waals surface area contributed by atoms with Gasteiger partial charge < -0.3 is 15.0 Å². The molecule has 0 radical (unpaired) electrons. The molecule has 1 aromatic heterocycles. The van der Waals surface area contributed by atoms with Crippen LogP contribution in [0.15, 0.2) is 61.1 Å². The van der Waals surface area contributed by atoms with E-state index in [4.69, 9.17) is 4.74 Å². The first-order chi connectivity index (χ1) is 12.8. The Morgan fingerprint density at radius 2 is 1.81 bits per heavy atom. The molecule has 128 valence electrons. The highest BCUT2D eigenvalue weighted by Crippen LogP contribution is 2.44. The smallest absolute Gasteiger partial charge is 0.407 e. The van der Waals surface area contributed by atoms with Gasteiger partial charge >= 0.3 is 6.09 Å². The number of H-pyrrole nitrogens is 1. The van der Waals surface area contributed by atoms with Gasteiger partial charge in [-0.2, -0.15) is 0 Å². The number of rotatable bonds is 3. The molecule has 5 heteroatoms. The molecule has 0 atom stereocenters. The summed E-state index contributed by atoms with van der Waals surface area (Å²) < 4.78 is 5.44. The van der Waals surface area contributed by atoms with Crippen molar-refractivity contribution in [3.05, 3.63) is 77.9 Å². The van der Waals surface area contributed by atoms with Crippen molar-refractivity contribution in [1.82, 2.24) is 15.3 Å². The van der Waals surface area contributed by atoms with Crippen molar-refractivity contribution in [2.75, 3.05) is 13.2 Å². The number of amides is 1. The monoisotopic (exact) mass is 343 g/mol. The highest BCUT2D eigenvalue weighted by Gasteiger charge is 2.28. The Kier molecular flexibility index (Phi) is 4.40. The second kappa shape index (κ2) is 7.16. The Morgan fingerprint density at radius 1 is 1.12 bits per heavy atom. The van der Waals surface area contributed by atoms with E-state index in [0.29, 0.717) is 12.3 Å². The molecule has 1 aliphatic carbocycles. The zero-order chi connectivity index (χ0) is 17.8. The fraction of sp³-hybridized carbons (Fsp3) is 0.143. The van der Waals surface area contributed by atoms with E-state index in [1.807, 2.05) is 24.3 Å². The number of carbonyl (C=O) groups is 1. The lowest BCUT2D eigenvalue weighted by atomic mass is 9.98. The van der Waals surface area contributed by atoms with Crippen molar-refractivity contribution in [2.45, 2.75) is 5.92 Å². The van der Waals surface area contributed by atoms with Crippen LogP contribution >= 0.6 is 0 Å². The van der Waals surface area contributed by atoms with E-state index in [1.165, 1.54) is 22.3 Å². The Morgan fingerprint density at radius 3 is 2.46 bits per heavy atom. The van der Waals surface area contributed by atoms with Gasteiger partial charge in [0.2, 0.25) is 0 Å². The van der Waals surface area contributed by atoms with Crippen LogP contribution in [0.25, 0.3) is 11.1 Å². The first-order valence-electron chi connectivity index (χ1n) is 8.39. The molecule has 3 aromatic rings. The predicted octanol–water partition coefficient (Wildman–Crippen LogP) is 3.30. The van der Waals surface area contributed by atoms with Gasteiger partial charge in [-0.15, -0.1) is 0 Å². The topological polar surface area (TPSA) is 67.0 Å². The minimum absolute atomic E-state index is 0.0595. The number of alkyl carbamates (subject to hydrolysis) is 1. The van der Waals surface area contributed by atoms with Gasteiger partial charge in [0.05, 0.1) is 19.1 Å². The molecule has 0 bridgehead atoms. The van der Waals surface area contributed by atoms with Crippen LogP contribution < -0.4 is 5.32 Å². The molecule has 1 amide bonds. The van der Waals surface area contributed by atoms with Gasteiger partial charge in [0, 0.05) is 5.92 Å². The number of aromatic nitrogens is 2. The van der Waals surface area contributed by atoms with Crippen LogP contribution in [-0.4, -0.2) is 29.2 Å². The van der Waals surface area contributed by atoms with Crippen molar-refractivity contribution in [1.29, 1.82) is 0 Å². The van der Waals surface area contributed by atoms with E-state index in [9.17, 15) is 4.79 Å². The summed E-state index contributed by atoms with van der Waals surface area (Å²) >= 11 is 0. The SMILES string of the molecule is O=C(NCC#Cc1cnc[nH]1)OCC1c2ccccc2-c2ccccc21. The van der Waals surface area contributed by atoms with Gasteiger partial charge in [-0.1, -0.05) is 54.5 Å². The number of imidazole rings is 1. The maximum Gasteiger partial charge on any atom is 0.407 e. The third kappa shape index (κ3) is 3.17. The molecule has 1 heterocycles. The van der Waals surface area contributed by atoms with Gasteiger partial charge in [-0.25, -0.2) is 9.78 Å². The molecule has 0 spiro atoms. The number of benzene rings is 2. The van der Waals surface area contributed by atoms with Crippen molar-refractivity contribution >= 4 is 6.09 Å². The second-order valence-electron chi connectivity index (χ2n) is 5.95. The number of fused-ring (bicyclic) bond motifs is 3. The molecule has 0 saturated carbocycles. The average molecular weight is 343 g/mol. The van der Waals surface area contributed by atoms with Crippen LogP contribution in [0.5, 0.6) is 0 Å². The number of carbonyl (C=O) groups excluding carboxylic acids is 1. The zero-order valence-electron chi connectivity index (χ0n) is 14.0. The molecule has 0 unspecified atom stereocenters. The van der Waals surface area contributed by atoms with Gasteiger partial charge in [0.15, 0.2) is 0 Å². The normalized spacial score (nSPS) is 11.8. The van der Waals surface area contributed by atoms with E-state index >= 15 is 0 Å². The minimum Gasteiger partial charge on any atom is -0.449 e. The lowest BCUT2D eigenvalue weighted by Gasteiger charge is -2.14. The van der Waals surface area contributed by atoms with Crippen LogP contribution in [0.4, 0.5) is 4.79 Å². The summed E-state index contributed by atoms with van der Waals surface area (Å²) in [5.74, 6) is 5.77. The summed E-state index contributed by atoms with van der Waals surface area (Å²) in [5, 5.41) is 2.65. The summed E-state index contributed by atoms with van der Waals surface area (Å²) in [6.45, 7) is 0.517. The molecule has 4 rings (SSSR count). The Balaban J connectivity index is 1.38. The molecule has 2 N–H and O–H groups in total. The van der Waals surface area contributed by atoms with E-state index < -0.39 is 6.09 Å². The molecular formula is C21H17N3O2. The summed E-state index contributed by atoms with van der Waals surface area (Å²) in [6, 6.07) is 16.5. The van der Waals surface area contributed by atoms with E-state index in [1.54, 1.807) is 12.5 Å². The highest BCUT2D eigenvalue weighted by atomic mass is 16.5. The minimum atomic E-state index is -0.467. The molecular weight excluding hydrogens is 326 g/mol. The maximum absolute atomic E-state index is 12.0. The number of aromatic amines is 1. The molecule has 1 aliphatic rings. The van der Waals surface area contributed by atoms with Gasteiger partial charge in [0.25, 0.3) is 0 Å². The molecule has 26 heavy (non-hydrogen) atoms. The number of hydrogen-bond donors (Lipinski definition) is 2. The predicted molar refractivity (Wildman–Crippen MR) is 98.5 cm³/mol. The van der Waals surface area contributed by atoms with Crippen LogP contribution in [0.3, 0.4) is 0 Å². The number of ether oxygens (including phenoxy) is 1. The molecule has 0 fully saturated rings. The molecule has 2 aromatic carbocycles. The Hall–Kier alpha value is -3.52. The quantitative estimate of drug-likeness (QED) is 0.717.